The zero-order valence-electron chi connectivity index (χ0n) is 12.2. The van der Waals surface area contributed by atoms with Gasteiger partial charge in [-0.15, -0.1) is 11.3 Å². The van der Waals surface area contributed by atoms with E-state index in [1.807, 2.05) is 0 Å². The summed E-state index contributed by atoms with van der Waals surface area (Å²) in [7, 11) is 0. The van der Waals surface area contributed by atoms with Crippen LogP contribution in [0.3, 0.4) is 0 Å². The van der Waals surface area contributed by atoms with E-state index in [4.69, 9.17) is 0 Å². The second-order valence-corrected chi connectivity index (χ2v) is 5.80. The molecular formula is C14H12F3N3O2S. The molecule has 2 rings (SSSR count). The van der Waals surface area contributed by atoms with Crippen LogP contribution in [0.1, 0.15) is 20.4 Å². The van der Waals surface area contributed by atoms with E-state index in [-0.39, 0.29) is 0 Å². The fourth-order valence-electron chi connectivity index (χ4n) is 1.80. The third-order valence-electron chi connectivity index (χ3n) is 2.83. The minimum atomic E-state index is -1.68. The maximum Gasteiger partial charge on any atom is 0.263 e. The molecule has 1 aromatic carbocycles. The first-order chi connectivity index (χ1) is 10.8. The van der Waals surface area contributed by atoms with Gasteiger partial charge in [-0.1, -0.05) is 0 Å². The smallest absolute Gasteiger partial charge is 0.263 e. The van der Waals surface area contributed by atoms with Crippen LogP contribution in [0.4, 0.5) is 18.9 Å². The average molecular weight is 343 g/mol. The number of anilines is 1. The van der Waals surface area contributed by atoms with E-state index in [1.54, 1.807) is 13.8 Å². The van der Waals surface area contributed by atoms with Crippen LogP contribution in [0, 0.1) is 31.3 Å². The molecule has 0 spiro atoms. The van der Waals surface area contributed by atoms with Crippen LogP contribution >= 0.6 is 11.3 Å². The van der Waals surface area contributed by atoms with Crippen molar-refractivity contribution in [3.05, 3.63) is 45.2 Å². The second-order valence-electron chi connectivity index (χ2n) is 4.60. The van der Waals surface area contributed by atoms with E-state index in [1.165, 1.54) is 11.3 Å². The van der Waals surface area contributed by atoms with E-state index in [9.17, 15) is 22.8 Å². The second kappa shape index (κ2) is 6.78. The number of amides is 2. The molecule has 1 heterocycles. The first kappa shape index (κ1) is 16.9. The van der Waals surface area contributed by atoms with Crippen molar-refractivity contribution in [2.75, 3.05) is 11.9 Å². The summed E-state index contributed by atoms with van der Waals surface area (Å²) in [5.74, 6) is -5.80. The third-order valence-corrected chi connectivity index (χ3v) is 3.90. The van der Waals surface area contributed by atoms with Gasteiger partial charge in [0.25, 0.3) is 5.91 Å². The van der Waals surface area contributed by atoms with Gasteiger partial charge >= 0.3 is 0 Å². The van der Waals surface area contributed by atoms with Crippen molar-refractivity contribution in [1.29, 1.82) is 0 Å². The number of aryl methyl sites for hydroxylation is 2. The molecule has 0 saturated carbocycles. The number of benzene rings is 1. The Bertz CT molecular complexity index is 777. The number of nitrogens with one attached hydrogen (secondary N) is 2. The number of halogens is 3. The molecule has 0 aliphatic heterocycles. The molecule has 2 N–H and O–H groups in total. The van der Waals surface area contributed by atoms with Gasteiger partial charge in [-0.05, 0) is 26.0 Å². The van der Waals surface area contributed by atoms with Crippen LogP contribution in [0.15, 0.2) is 12.1 Å². The normalized spacial score (nSPS) is 10.5. The monoisotopic (exact) mass is 343 g/mol. The summed E-state index contributed by atoms with van der Waals surface area (Å²) in [5.41, 5.74) is 0.0324. The maximum atomic E-state index is 13.4. The molecule has 0 bridgehead atoms. The van der Waals surface area contributed by atoms with Crippen LogP contribution in [0.25, 0.3) is 0 Å². The van der Waals surface area contributed by atoms with Crippen molar-refractivity contribution in [2.45, 2.75) is 13.8 Å². The molecule has 2 amide bonds. The lowest BCUT2D eigenvalue weighted by Gasteiger charge is -2.08. The van der Waals surface area contributed by atoms with Gasteiger partial charge in [-0.25, -0.2) is 18.2 Å². The summed E-state index contributed by atoms with van der Waals surface area (Å²) in [6.45, 7) is 2.95. The van der Waals surface area contributed by atoms with E-state index >= 15 is 0 Å². The van der Waals surface area contributed by atoms with Gasteiger partial charge in [0.1, 0.15) is 4.88 Å². The van der Waals surface area contributed by atoms with Crippen molar-refractivity contribution in [2.24, 2.45) is 0 Å². The Morgan fingerprint density at radius 2 is 1.87 bits per heavy atom. The number of carbonyl (C=O) groups excluding carboxylic acids is 2. The molecule has 2 aromatic rings. The van der Waals surface area contributed by atoms with Crippen molar-refractivity contribution in [1.82, 2.24) is 10.3 Å². The van der Waals surface area contributed by atoms with Gasteiger partial charge in [0.05, 0.1) is 22.9 Å². The van der Waals surface area contributed by atoms with Gasteiger partial charge in [0.2, 0.25) is 5.91 Å². The topological polar surface area (TPSA) is 71.1 Å². The lowest BCUT2D eigenvalue weighted by Crippen LogP contribution is -2.33. The minimum absolute atomic E-state index is 0.370. The molecule has 122 valence electrons. The first-order valence-electron chi connectivity index (χ1n) is 6.45. The third kappa shape index (κ3) is 3.86. The van der Waals surface area contributed by atoms with Gasteiger partial charge in [-0.3, -0.25) is 9.59 Å². The van der Waals surface area contributed by atoms with Crippen LogP contribution in [-0.4, -0.2) is 23.3 Å². The SMILES string of the molecule is Cc1nc(C)c(C(=O)NCC(=O)Nc2ccc(F)c(F)c2F)s1. The minimum Gasteiger partial charge on any atom is -0.342 e. The predicted molar refractivity (Wildman–Crippen MR) is 78.9 cm³/mol. The van der Waals surface area contributed by atoms with Crippen molar-refractivity contribution in [3.63, 3.8) is 0 Å². The Morgan fingerprint density at radius 1 is 1.17 bits per heavy atom. The highest BCUT2D eigenvalue weighted by Crippen LogP contribution is 2.19. The van der Waals surface area contributed by atoms with Crippen LogP contribution < -0.4 is 10.6 Å². The van der Waals surface area contributed by atoms with Crippen LogP contribution in [-0.2, 0) is 4.79 Å². The summed E-state index contributed by atoms with van der Waals surface area (Å²) in [4.78, 5) is 28.0. The summed E-state index contributed by atoms with van der Waals surface area (Å²) in [6, 6.07) is 1.58. The maximum absolute atomic E-state index is 13.4. The number of rotatable bonds is 4. The summed E-state index contributed by atoms with van der Waals surface area (Å²) < 4.78 is 39.3. The molecular weight excluding hydrogens is 331 g/mol. The van der Waals surface area contributed by atoms with E-state index in [2.05, 4.69) is 15.6 Å². The molecule has 0 saturated heterocycles. The number of nitrogens with zero attached hydrogens (tertiary/aromatic N) is 1. The highest BCUT2D eigenvalue weighted by Gasteiger charge is 2.17. The van der Waals surface area contributed by atoms with Crippen molar-refractivity contribution >= 4 is 28.8 Å². The van der Waals surface area contributed by atoms with Gasteiger partial charge in [0, 0.05) is 0 Å². The van der Waals surface area contributed by atoms with E-state index in [0.717, 1.165) is 6.07 Å². The quantitative estimate of drug-likeness (QED) is 0.838. The van der Waals surface area contributed by atoms with Crippen molar-refractivity contribution < 1.29 is 22.8 Å². The number of hydrogen-bond donors (Lipinski definition) is 2. The number of hydrogen-bond acceptors (Lipinski definition) is 4. The van der Waals surface area contributed by atoms with E-state index < -0.39 is 41.5 Å². The van der Waals surface area contributed by atoms with E-state index in [0.29, 0.717) is 21.6 Å². The lowest BCUT2D eigenvalue weighted by molar-refractivity contribution is -0.115. The molecule has 0 atom stereocenters. The standard InChI is InChI=1S/C14H12F3N3O2S/c1-6-13(23-7(2)19-6)14(22)18-5-10(21)20-9-4-3-8(15)11(16)12(9)17/h3-4H,5H2,1-2H3,(H,18,22)(H,20,21). The Kier molecular flexibility index (Phi) is 4.99. The molecule has 0 fully saturated rings. The van der Waals surface area contributed by atoms with Crippen LogP contribution in [0.5, 0.6) is 0 Å². The molecule has 0 radical (unpaired) electrons. The van der Waals surface area contributed by atoms with Crippen LogP contribution in [0.2, 0.25) is 0 Å². The molecule has 0 unspecified atom stereocenters. The Balaban J connectivity index is 1.97. The van der Waals surface area contributed by atoms with Crippen molar-refractivity contribution in [3.8, 4) is 0 Å². The lowest BCUT2D eigenvalue weighted by atomic mass is 10.2. The zero-order valence-corrected chi connectivity index (χ0v) is 13.0. The number of aromatic nitrogens is 1. The fraction of sp³-hybridized carbons (Fsp3) is 0.214. The Hall–Kier alpha value is -2.42. The zero-order chi connectivity index (χ0) is 17.1. The Morgan fingerprint density at radius 3 is 2.48 bits per heavy atom. The largest absolute Gasteiger partial charge is 0.342 e. The molecule has 0 aliphatic carbocycles. The fourth-order valence-corrected chi connectivity index (χ4v) is 2.64. The van der Waals surface area contributed by atoms with Gasteiger partial charge in [-0.2, -0.15) is 0 Å². The molecule has 0 aliphatic rings. The Labute approximate surface area is 133 Å². The molecule has 1 aromatic heterocycles. The summed E-state index contributed by atoms with van der Waals surface area (Å²) >= 11 is 1.18. The molecule has 5 nitrogen and oxygen atoms in total. The number of thiazole rings is 1. The first-order valence-corrected chi connectivity index (χ1v) is 7.26. The number of carbonyl (C=O) groups is 2. The summed E-state index contributed by atoms with van der Waals surface area (Å²) in [5, 5.41) is 5.11. The highest BCUT2D eigenvalue weighted by atomic mass is 32.1. The molecule has 23 heavy (non-hydrogen) atoms. The summed E-state index contributed by atoms with van der Waals surface area (Å²) in [6.07, 6.45) is 0. The van der Waals surface area contributed by atoms with Gasteiger partial charge in [0.15, 0.2) is 17.5 Å². The predicted octanol–water partition coefficient (Wildman–Crippen LogP) is 2.55. The highest BCUT2D eigenvalue weighted by molar-refractivity contribution is 7.13. The average Bonchev–Trinajstić information content (AvgIpc) is 2.84. The van der Waals surface area contributed by atoms with Gasteiger partial charge < -0.3 is 10.6 Å². The molecule has 9 heteroatoms.